The van der Waals surface area contributed by atoms with Gasteiger partial charge in [-0.15, -0.1) is 4.68 Å². The smallest absolute Gasteiger partial charge is 0.280 e. The number of ether oxygens (including phenoxy) is 2. The molecule has 1 amide bonds. The van der Waals surface area contributed by atoms with E-state index >= 15 is 0 Å². The Labute approximate surface area is 231 Å². The summed E-state index contributed by atoms with van der Waals surface area (Å²) in [4.78, 5) is 25.2. The van der Waals surface area contributed by atoms with Gasteiger partial charge in [-0.3, -0.25) is 9.69 Å². The van der Waals surface area contributed by atoms with Gasteiger partial charge in [-0.2, -0.15) is 4.40 Å². The molecule has 0 radical (unpaired) electrons. The van der Waals surface area contributed by atoms with Crippen molar-refractivity contribution in [2.45, 2.75) is 13.0 Å². The predicted octanol–water partition coefficient (Wildman–Crippen LogP) is 2.66. The molecule has 0 aliphatic carbocycles. The summed E-state index contributed by atoms with van der Waals surface area (Å²) in [6, 6.07) is 5.63. The van der Waals surface area contributed by atoms with Crippen LogP contribution < -0.4 is 19.2 Å². The number of aryl methyl sites for hydroxylation is 1. The molecule has 12 heteroatoms. The molecule has 0 spiro atoms. The topological polar surface area (TPSA) is 102 Å². The minimum absolute atomic E-state index is 0.00284. The third-order valence-electron chi connectivity index (χ3n) is 6.97. The van der Waals surface area contributed by atoms with E-state index in [0.717, 1.165) is 61.3 Å². The van der Waals surface area contributed by atoms with Crippen LogP contribution in [0.15, 0.2) is 43.4 Å². The predicted molar refractivity (Wildman–Crippen MR) is 149 cm³/mol. The van der Waals surface area contributed by atoms with Gasteiger partial charge >= 0.3 is 0 Å². The highest BCUT2D eigenvalue weighted by Crippen LogP contribution is 2.40. The Morgan fingerprint density at radius 1 is 1.13 bits per heavy atom. The van der Waals surface area contributed by atoms with Crippen LogP contribution in [0, 0.1) is 0 Å². The first-order valence-electron chi connectivity index (χ1n) is 12.8. The first kappa shape index (κ1) is 26.6. The quantitative estimate of drug-likeness (QED) is 0.250. The molecule has 1 aromatic carbocycles. The summed E-state index contributed by atoms with van der Waals surface area (Å²) < 4.78 is 14.9. The lowest BCUT2D eigenvalue weighted by Crippen LogP contribution is -2.48. The van der Waals surface area contributed by atoms with Gasteiger partial charge in [0, 0.05) is 57.6 Å². The number of fused-ring (bicyclic) bond motifs is 3. The summed E-state index contributed by atoms with van der Waals surface area (Å²) in [6.07, 6.45) is 6.03. The number of carbonyl (C=O) groups is 1. The van der Waals surface area contributed by atoms with Gasteiger partial charge in [0.1, 0.15) is 11.5 Å². The Morgan fingerprint density at radius 2 is 1.92 bits per heavy atom. The summed E-state index contributed by atoms with van der Waals surface area (Å²) in [6.45, 7) is 8.36. The van der Waals surface area contributed by atoms with Crippen molar-refractivity contribution < 1.29 is 18.7 Å². The molecule has 1 aliphatic rings. The fourth-order valence-electron chi connectivity index (χ4n) is 4.86. The molecular weight excluding hydrogens is 520 g/mol. The van der Waals surface area contributed by atoms with Crippen LogP contribution in [-0.4, -0.2) is 89.4 Å². The highest BCUT2D eigenvalue weighted by Gasteiger charge is 2.24. The first-order chi connectivity index (χ1) is 18.9. The number of pyridine rings is 1. The van der Waals surface area contributed by atoms with Crippen molar-refractivity contribution in [3.8, 4) is 22.6 Å². The van der Waals surface area contributed by atoms with Crippen molar-refractivity contribution in [3.63, 3.8) is 0 Å². The van der Waals surface area contributed by atoms with Crippen LogP contribution in [0.1, 0.15) is 6.42 Å². The molecule has 1 aliphatic heterocycles. The summed E-state index contributed by atoms with van der Waals surface area (Å²) in [5.41, 5.74) is 2.99. The third-order valence-corrected chi connectivity index (χ3v) is 7.36. The lowest BCUT2D eigenvalue weighted by Gasteiger charge is -2.34. The summed E-state index contributed by atoms with van der Waals surface area (Å²) >= 11 is 6.79. The Morgan fingerprint density at radius 3 is 2.62 bits per heavy atom. The van der Waals surface area contributed by atoms with Gasteiger partial charge in [-0.05, 0) is 29.7 Å². The molecule has 0 saturated carbocycles. The maximum Gasteiger partial charge on any atom is 0.280 e. The average Bonchev–Trinajstić information content (AvgIpc) is 3.41. The lowest BCUT2D eigenvalue weighted by atomic mass is 10.0. The Bertz CT molecular complexity index is 1530. The maximum absolute atomic E-state index is 11.9. The molecule has 1 N–H and O–H groups in total. The second-order valence-electron chi connectivity index (χ2n) is 9.27. The van der Waals surface area contributed by atoms with Crippen LogP contribution in [0.4, 0.5) is 5.95 Å². The normalized spacial score (nSPS) is 14.1. The van der Waals surface area contributed by atoms with Crippen LogP contribution >= 0.6 is 11.6 Å². The fraction of sp³-hybridized carbons (Fsp3) is 0.370. The van der Waals surface area contributed by atoms with E-state index in [1.54, 1.807) is 33.5 Å². The highest BCUT2D eigenvalue weighted by atomic mass is 35.5. The maximum atomic E-state index is 11.9. The number of halogens is 1. The SMILES string of the molecule is C=CC(=O)N1CCN(CCCn2c[n+]3c(n2)c(-c2cc(OC)cc(OC)c2Cl)cc2cnc(NC)nc23)CC1. The second kappa shape index (κ2) is 11.4. The van der Waals surface area contributed by atoms with E-state index in [4.69, 9.17) is 31.2 Å². The van der Waals surface area contributed by atoms with Crippen LogP contribution in [0.25, 0.3) is 27.8 Å². The molecule has 0 bridgehead atoms. The molecule has 1 fully saturated rings. The van der Waals surface area contributed by atoms with E-state index in [-0.39, 0.29) is 5.91 Å². The van der Waals surface area contributed by atoms with Crippen LogP contribution in [-0.2, 0) is 11.3 Å². The summed E-state index contributed by atoms with van der Waals surface area (Å²) in [7, 11) is 4.97. The van der Waals surface area contributed by atoms with Crippen molar-refractivity contribution >= 4 is 40.1 Å². The number of benzene rings is 1. The fourth-order valence-corrected chi connectivity index (χ4v) is 5.15. The first-order valence-corrected chi connectivity index (χ1v) is 13.2. The number of piperazine rings is 1. The van der Waals surface area contributed by atoms with Crippen LogP contribution in [0.3, 0.4) is 0 Å². The van der Waals surface area contributed by atoms with Crippen molar-refractivity contribution in [1.82, 2.24) is 29.5 Å². The molecule has 4 heterocycles. The van der Waals surface area contributed by atoms with E-state index < -0.39 is 0 Å². The molecule has 1 saturated heterocycles. The average molecular weight is 552 g/mol. The van der Waals surface area contributed by atoms with Crippen molar-refractivity contribution in [2.24, 2.45) is 0 Å². The van der Waals surface area contributed by atoms with Gasteiger partial charge in [0.05, 0.1) is 36.7 Å². The number of aromatic nitrogens is 5. The number of hydrogen-bond acceptors (Lipinski definition) is 8. The van der Waals surface area contributed by atoms with E-state index in [9.17, 15) is 4.79 Å². The molecule has 11 nitrogen and oxygen atoms in total. The Hall–Kier alpha value is -3.96. The van der Waals surface area contributed by atoms with E-state index in [2.05, 4.69) is 21.8 Å². The zero-order valence-electron chi connectivity index (χ0n) is 22.4. The van der Waals surface area contributed by atoms with E-state index in [0.29, 0.717) is 34.7 Å². The number of carbonyl (C=O) groups excluding carboxylic acids is 1. The molecule has 204 valence electrons. The van der Waals surface area contributed by atoms with Crippen molar-refractivity contribution in [3.05, 3.63) is 48.4 Å². The molecular formula is C27H32ClN8O3+. The largest absolute Gasteiger partial charge is 0.497 e. The van der Waals surface area contributed by atoms with Gasteiger partial charge in [-0.25, -0.2) is 4.98 Å². The Kier molecular flexibility index (Phi) is 7.80. The second-order valence-corrected chi connectivity index (χ2v) is 9.65. The minimum Gasteiger partial charge on any atom is -0.497 e. The zero-order valence-corrected chi connectivity index (χ0v) is 23.1. The number of amides is 1. The Balaban J connectivity index is 1.47. The lowest BCUT2D eigenvalue weighted by molar-refractivity contribution is -0.485. The van der Waals surface area contributed by atoms with E-state index in [1.165, 1.54) is 6.08 Å². The number of hydrogen-bond donors (Lipinski definition) is 1. The number of methoxy groups -OCH3 is 2. The van der Waals surface area contributed by atoms with Crippen LogP contribution in [0.5, 0.6) is 11.5 Å². The zero-order chi connectivity index (χ0) is 27.5. The number of nitrogens with one attached hydrogen (secondary N) is 1. The number of nitrogens with zero attached hydrogens (tertiary/aromatic N) is 7. The van der Waals surface area contributed by atoms with Gasteiger partial charge in [0.15, 0.2) is 6.33 Å². The molecule has 0 unspecified atom stereocenters. The molecule has 3 aromatic heterocycles. The molecule has 0 atom stereocenters. The van der Waals surface area contributed by atoms with Crippen LogP contribution in [0.2, 0.25) is 5.02 Å². The molecule has 5 rings (SSSR count). The highest BCUT2D eigenvalue weighted by molar-refractivity contribution is 6.35. The standard InChI is InChI=1S/C27H32ClN8O3/c1-5-23(37)34-11-9-33(10-12-34)7-6-8-35-17-36-25-18(16-30-27(29-2)31-25)13-21(26(36)32-35)20-14-19(38-3)15-22(39-4)24(20)28/h5,13-17H,1,6-12H2,2-4H3,(H,29,30,31)/q+1. The van der Waals surface area contributed by atoms with Gasteiger partial charge in [-0.1, -0.05) is 23.2 Å². The van der Waals surface area contributed by atoms with Crippen molar-refractivity contribution in [2.75, 3.05) is 59.3 Å². The van der Waals surface area contributed by atoms with Gasteiger partial charge < -0.3 is 19.7 Å². The minimum atomic E-state index is -0.00284. The monoisotopic (exact) mass is 551 g/mol. The summed E-state index contributed by atoms with van der Waals surface area (Å²) in [5, 5.41) is 9.27. The number of anilines is 1. The third kappa shape index (κ3) is 5.32. The summed E-state index contributed by atoms with van der Waals surface area (Å²) in [5.74, 6) is 1.66. The van der Waals surface area contributed by atoms with Crippen molar-refractivity contribution in [1.29, 1.82) is 0 Å². The number of rotatable bonds is 9. The van der Waals surface area contributed by atoms with E-state index in [1.807, 2.05) is 32.4 Å². The van der Waals surface area contributed by atoms with Gasteiger partial charge in [0.2, 0.25) is 5.91 Å². The molecule has 4 aromatic rings. The van der Waals surface area contributed by atoms with Gasteiger partial charge in [0.25, 0.3) is 17.2 Å². The molecule has 39 heavy (non-hydrogen) atoms.